The van der Waals surface area contributed by atoms with Crippen LogP contribution in [0, 0.1) is 0 Å². The van der Waals surface area contributed by atoms with Crippen LogP contribution >= 0.6 is 0 Å². The van der Waals surface area contributed by atoms with Gasteiger partial charge in [-0.1, -0.05) is 121 Å². The van der Waals surface area contributed by atoms with Gasteiger partial charge in [-0.05, 0) is 151 Å². The third-order valence-electron chi connectivity index (χ3n) is 11.0. The minimum atomic E-state index is 0.967. The van der Waals surface area contributed by atoms with Crippen LogP contribution in [0.1, 0.15) is 0 Å². The number of hydrogen-bond acceptors (Lipinski definition) is 4. The first-order chi connectivity index (χ1) is 29.7. The maximum Gasteiger partial charge on any atom is 0.115 e. The molecule has 0 saturated heterocycles. The smallest absolute Gasteiger partial charge is 0.115 e. The highest BCUT2D eigenvalue weighted by molar-refractivity contribution is 5.85. The topological polar surface area (TPSA) is 51.6 Å². The average molecular weight is 767 g/mol. The van der Waals surface area contributed by atoms with Crippen molar-refractivity contribution in [2.24, 2.45) is 0 Å². The van der Waals surface area contributed by atoms with Crippen molar-refractivity contribution in [3.63, 3.8) is 0 Å². The Morgan fingerprint density at radius 1 is 0.217 bits per heavy atom. The molecule has 0 N–H and O–H groups in total. The molecule has 0 radical (unpaired) electrons. The maximum absolute atomic E-state index is 4.57. The van der Waals surface area contributed by atoms with Crippen molar-refractivity contribution >= 4 is 0 Å². The van der Waals surface area contributed by atoms with E-state index in [1.165, 1.54) is 0 Å². The van der Waals surface area contributed by atoms with Crippen LogP contribution in [0.4, 0.5) is 0 Å². The van der Waals surface area contributed by atoms with Gasteiger partial charge in [0.05, 0.1) is 5.69 Å². The van der Waals surface area contributed by atoms with E-state index in [1.807, 2.05) is 49.2 Å². The van der Waals surface area contributed by atoms with Gasteiger partial charge in [-0.25, -0.2) is 9.97 Å². The molecule has 4 nitrogen and oxygen atoms in total. The van der Waals surface area contributed by atoms with Crippen molar-refractivity contribution in [1.29, 1.82) is 0 Å². The fourth-order valence-electron chi connectivity index (χ4n) is 7.89. The lowest BCUT2D eigenvalue weighted by Gasteiger charge is -2.14. The van der Waals surface area contributed by atoms with E-state index < -0.39 is 0 Å². The Bertz CT molecular complexity index is 2900. The van der Waals surface area contributed by atoms with Crippen molar-refractivity contribution in [1.82, 2.24) is 19.9 Å². The summed E-state index contributed by atoms with van der Waals surface area (Å²) in [4.78, 5) is 17.5. The molecule has 7 aromatic carbocycles. The molecule has 10 rings (SSSR count). The molecule has 0 saturated carbocycles. The molecule has 10 aromatic rings. The van der Waals surface area contributed by atoms with Crippen LogP contribution in [-0.2, 0) is 0 Å². The van der Waals surface area contributed by atoms with Gasteiger partial charge in [0.2, 0.25) is 0 Å². The summed E-state index contributed by atoms with van der Waals surface area (Å²) in [6, 6.07) is 69.5. The van der Waals surface area contributed by atoms with Gasteiger partial charge in [0.25, 0.3) is 0 Å². The summed E-state index contributed by atoms with van der Waals surface area (Å²) < 4.78 is 0. The SMILES string of the molecule is c1ccc(-c2cccc(-c3cccc(-c4cccc(-c5cc(-c6cccnc6)cc(-c6cccc(-c7cccc(-c8cccc(-c9cncnc9)c8)c7)c6)c5)c4)c3)c2)nc1. The lowest BCUT2D eigenvalue weighted by Crippen LogP contribution is -1.89. The number of benzene rings is 7. The van der Waals surface area contributed by atoms with Crippen LogP contribution in [0.3, 0.4) is 0 Å². The van der Waals surface area contributed by atoms with Crippen LogP contribution in [0.15, 0.2) is 231 Å². The molecule has 282 valence electrons. The van der Waals surface area contributed by atoms with Gasteiger partial charge in [-0.15, -0.1) is 0 Å². The first-order valence-electron chi connectivity index (χ1n) is 20.1. The lowest BCUT2D eigenvalue weighted by molar-refractivity contribution is 1.17. The van der Waals surface area contributed by atoms with E-state index in [4.69, 9.17) is 0 Å². The number of hydrogen-bond donors (Lipinski definition) is 0. The fraction of sp³-hybridized carbons (Fsp3) is 0. The van der Waals surface area contributed by atoms with Crippen molar-refractivity contribution in [3.05, 3.63) is 231 Å². The van der Waals surface area contributed by atoms with Crippen molar-refractivity contribution in [2.45, 2.75) is 0 Å². The second-order valence-corrected chi connectivity index (χ2v) is 14.9. The number of pyridine rings is 2. The van der Waals surface area contributed by atoms with Gasteiger partial charge in [0.15, 0.2) is 0 Å². The van der Waals surface area contributed by atoms with E-state index in [1.54, 1.807) is 6.33 Å². The number of nitrogens with zero attached hydrogens (tertiary/aromatic N) is 4. The van der Waals surface area contributed by atoms with Crippen molar-refractivity contribution < 1.29 is 0 Å². The number of rotatable bonds is 9. The Kier molecular flexibility index (Phi) is 9.92. The molecule has 0 atom stereocenters. The van der Waals surface area contributed by atoms with E-state index in [2.05, 4.69) is 196 Å². The van der Waals surface area contributed by atoms with Crippen LogP contribution in [0.5, 0.6) is 0 Å². The predicted octanol–water partition coefficient (Wildman–Crippen LogP) is 14.3. The first kappa shape index (κ1) is 36.3. The maximum atomic E-state index is 4.57. The minimum Gasteiger partial charge on any atom is -0.264 e. The summed E-state index contributed by atoms with van der Waals surface area (Å²) in [7, 11) is 0. The van der Waals surface area contributed by atoms with Gasteiger partial charge in [0, 0.05) is 47.7 Å². The van der Waals surface area contributed by atoms with E-state index in [0.717, 1.165) is 100 Å². The molecule has 0 aliphatic rings. The number of aromatic nitrogens is 4. The second kappa shape index (κ2) is 16.4. The molecule has 4 heteroatoms. The third-order valence-corrected chi connectivity index (χ3v) is 11.0. The van der Waals surface area contributed by atoms with Gasteiger partial charge in [-0.3, -0.25) is 9.97 Å². The molecule has 0 aliphatic carbocycles. The van der Waals surface area contributed by atoms with E-state index in [0.29, 0.717) is 0 Å². The van der Waals surface area contributed by atoms with Crippen LogP contribution in [0.25, 0.3) is 100 Å². The van der Waals surface area contributed by atoms with Crippen molar-refractivity contribution in [3.8, 4) is 100 Å². The highest BCUT2D eigenvalue weighted by Crippen LogP contribution is 2.37. The summed E-state index contributed by atoms with van der Waals surface area (Å²) in [5, 5.41) is 0. The van der Waals surface area contributed by atoms with E-state index in [-0.39, 0.29) is 0 Å². The lowest BCUT2D eigenvalue weighted by atomic mass is 9.91. The summed E-state index contributed by atoms with van der Waals surface area (Å²) in [6.45, 7) is 0. The normalized spacial score (nSPS) is 11.0. The van der Waals surface area contributed by atoms with Crippen LogP contribution < -0.4 is 0 Å². The van der Waals surface area contributed by atoms with Gasteiger partial charge in [0.1, 0.15) is 6.33 Å². The Balaban J connectivity index is 0.997. The first-order valence-corrected chi connectivity index (χ1v) is 20.1. The van der Waals surface area contributed by atoms with Crippen molar-refractivity contribution in [2.75, 3.05) is 0 Å². The molecular formula is C56H38N4. The Morgan fingerprint density at radius 2 is 0.550 bits per heavy atom. The molecular weight excluding hydrogens is 729 g/mol. The van der Waals surface area contributed by atoms with Crippen LogP contribution in [0.2, 0.25) is 0 Å². The van der Waals surface area contributed by atoms with Gasteiger partial charge in [-0.2, -0.15) is 0 Å². The average Bonchev–Trinajstić information content (AvgIpc) is 3.35. The summed E-state index contributed by atoms with van der Waals surface area (Å²) in [6.07, 6.45) is 10.9. The molecule has 0 bridgehead atoms. The Morgan fingerprint density at radius 3 is 0.950 bits per heavy atom. The van der Waals surface area contributed by atoms with Crippen LogP contribution in [-0.4, -0.2) is 19.9 Å². The summed E-state index contributed by atoms with van der Waals surface area (Å²) >= 11 is 0. The highest BCUT2D eigenvalue weighted by Gasteiger charge is 2.12. The largest absolute Gasteiger partial charge is 0.264 e. The van der Waals surface area contributed by atoms with Gasteiger partial charge < -0.3 is 0 Å². The van der Waals surface area contributed by atoms with E-state index >= 15 is 0 Å². The molecule has 0 spiro atoms. The molecule has 0 amide bonds. The standard InChI is InChI=1S/C56H38N4/c1-2-25-60-56(23-1)50-21-8-17-46(31-50)42-13-4-11-40(27-42)44-15-6-19-48(29-44)53-32-52(33-54(34-53)51-22-9-24-57-35-51)47-18-5-14-43(28-47)39-10-3-12-41(26-39)45-16-7-20-49(30-45)55-36-58-38-59-37-55/h1-38H. The quantitative estimate of drug-likeness (QED) is 0.147. The van der Waals surface area contributed by atoms with E-state index in [9.17, 15) is 0 Å². The zero-order chi connectivity index (χ0) is 40.1. The summed E-state index contributed by atoms with van der Waals surface area (Å²) in [5.74, 6) is 0. The zero-order valence-electron chi connectivity index (χ0n) is 32.7. The molecule has 0 fully saturated rings. The molecule has 0 unspecified atom stereocenters. The molecule has 3 aromatic heterocycles. The summed E-state index contributed by atoms with van der Waals surface area (Å²) in [5.41, 5.74) is 20.2. The Hall–Kier alpha value is -8.08. The Labute approximate surface area is 350 Å². The monoisotopic (exact) mass is 766 g/mol. The molecule has 0 aliphatic heterocycles. The predicted molar refractivity (Wildman–Crippen MR) is 247 cm³/mol. The van der Waals surface area contributed by atoms with Gasteiger partial charge >= 0.3 is 0 Å². The second-order valence-electron chi connectivity index (χ2n) is 14.9. The highest BCUT2D eigenvalue weighted by atomic mass is 14.8. The molecule has 60 heavy (non-hydrogen) atoms. The third kappa shape index (κ3) is 7.78. The fourth-order valence-corrected chi connectivity index (χ4v) is 7.89. The zero-order valence-corrected chi connectivity index (χ0v) is 32.7. The molecule has 3 heterocycles. The minimum absolute atomic E-state index is 0.967.